The zero-order chi connectivity index (χ0) is 22.5. The third kappa shape index (κ3) is 4.84. The third-order valence-corrected chi connectivity index (χ3v) is 5.37. The van der Waals surface area contributed by atoms with Crippen LogP contribution in [0.25, 0.3) is 17.2 Å². The zero-order valence-corrected chi connectivity index (χ0v) is 18.4. The Kier molecular flexibility index (Phi) is 6.56. The molecule has 1 aliphatic heterocycles. The molecule has 0 saturated heterocycles. The van der Waals surface area contributed by atoms with Crippen LogP contribution in [0.15, 0.2) is 55.1 Å². The lowest BCUT2D eigenvalue weighted by molar-refractivity contribution is -0.116. The molecule has 0 radical (unpaired) electrons. The fourth-order valence-electron chi connectivity index (χ4n) is 3.52. The Morgan fingerprint density at radius 2 is 1.94 bits per heavy atom. The molecule has 0 aliphatic carbocycles. The number of hydrogen-bond acceptors (Lipinski definition) is 6. The van der Waals surface area contributed by atoms with Crippen molar-refractivity contribution in [3.8, 4) is 28.4 Å². The summed E-state index contributed by atoms with van der Waals surface area (Å²) in [6.45, 7) is 0.365. The van der Waals surface area contributed by atoms with Gasteiger partial charge in [-0.3, -0.25) is 4.79 Å². The first-order valence-electron chi connectivity index (χ1n) is 9.99. The average molecular weight is 452 g/mol. The van der Waals surface area contributed by atoms with Crippen LogP contribution in [0, 0.1) is 0 Å². The van der Waals surface area contributed by atoms with Gasteiger partial charge in [0.05, 0.1) is 25.8 Å². The minimum absolute atomic E-state index is 0.191. The molecule has 7 nitrogen and oxygen atoms in total. The number of methoxy groups -OCH3 is 2. The molecule has 1 atom stereocenters. The van der Waals surface area contributed by atoms with Gasteiger partial charge in [0.1, 0.15) is 18.2 Å². The molecule has 0 fully saturated rings. The number of amides is 1. The van der Waals surface area contributed by atoms with Crippen molar-refractivity contribution in [1.29, 1.82) is 0 Å². The Labute approximate surface area is 191 Å². The van der Waals surface area contributed by atoms with Gasteiger partial charge in [-0.15, -0.1) is 0 Å². The van der Waals surface area contributed by atoms with Gasteiger partial charge < -0.3 is 19.5 Å². The molecule has 1 amide bonds. The molecule has 1 aliphatic rings. The van der Waals surface area contributed by atoms with E-state index in [1.165, 1.54) is 12.4 Å². The average Bonchev–Trinajstić information content (AvgIpc) is 3.25. The molecular formula is C24H22ClN3O4. The molecule has 4 rings (SSSR count). The summed E-state index contributed by atoms with van der Waals surface area (Å²) in [7, 11) is 3.15. The fourth-order valence-corrected chi connectivity index (χ4v) is 3.80. The van der Waals surface area contributed by atoms with Gasteiger partial charge in [-0.25, -0.2) is 9.97 Å². The Hall–Kier alpha value is -3.58. The van der Waals surface area contributed by atoms with Crippen LogP contribution in [0.2, 0.25) is 5.02 Å². The maximum Gasteiger partial charge on any atom is 0.244 e. The van der Waals surface area contributed by atoms with Crippen LogP contribution in [0.4, 0.5) is 0 Å². The standard InChI is InChI=1S/C24H22ClN3O4/c1-30-21-5-3-15(7-22(21)31-2)4-6-23(29)28-13-19-9-17-8-16(10-20(25)24(17)32-19)18-11-26-14-27-12-18/h3-8,10-12,14,19H,9,13H2,1-2H3,(H,28,29)/b6-4+/t19-/m0/s1. The molecule has 0 unspecified atom stereocenters. The molecule has 1 N–H and O–H groups in total. The van der Waals surface area contributed by atoms with E-state index in [2.05, 4.69) is 15.3 Å². The number of benzene rings is 2. The number of halogens is 1. The summed E-state index contributed by atoms with van der Waals surface area (Å²) < 4.78 is 16.5. The Balaban J connectivity index is 1.35. The van der Waals surface area contributed by atoms with Crippen LogP contribution in [0.1, 0.15) is 11.1 Å². The van der Waals surface area contributed by atoms with Crippen molar-refractivity contribution in [3.63, 3.8) is 0 Å². The maximum absolute atomic E-state index is 12.3. The Bertz CT molecular complexity index is 1150. The van der Waals surface area contributed by atoms with E-state index < -0.39 is 0 Å². The number of hydrogen-bond donors (Lipinski definition) is 1. The first-order chi connectivity index (χ1) is 15.6. The summed E-state index contributed by atoms with van der Waals surface area (Å²) in [6, 6.07) is 9.31. The predicted octanol–water partition coefficient (Wildman–Crippen LogP) is 3.95. The number of carbonyl (C=O) groups is 1. The van der Waals surface area contributed by atoms with Crippen molar-refractivity contribution in [2.24, 2.45) is 0 Å². The minimum Gasteiger partial charge on any atom is -0.493 e. The summed E-state index contributed by atoms with van der Waals surface area (Å²) in [5.41, 5.74) is 3.64. The minimum atomic E-state index is -0.215. The lowest BCUT2D eigenvalue weighted by Crippen LogP contribution is -2.33. The van der Waals surface area contributed by atoms with Gasteiger partial charge >= 0.3 is 0 Å². The van der Waals surface area contributed by atoms with Gasteiger partial charge in [-0.2, -0.15) is 0 Å². The van der Waals surface area contributed by atoms with Crippen LogP contribution >= 0.6 is 11.6 Å². The van der Waals surface area contributed by atoms with Gasteiger partial charge in [0, 0.05) is 36.0 Å². The van der Waals surface area contributed by atoms with E-state index >= 15 is 0 Å². The van der Waals surface area contributed by atoms with Gasteiger partial charge in [0.15, 0.2) is 11.5 Å². The second-order valence-corrected chi connectivity index (χ2v) is 7.62. The van der Waals surface area contributed by atoms with E-state index in [1.807, 2.05) is 18.2 Å². The normalized spacial score (nSPS) is 14.7. The lowest BCUT2D eigenvalue weighted by Gasteiger charge is -2.11. The van der Waals surface area contributed by atoms with E-state index in [4.69, 9.17) is 25.8 Å². The van der Waals surface area contributed by atoms with E-state index in [9.17, 15) is 4.79 Å². The smallest absolute Gasteiger partial charge is 0.244 e. The summed E-state index contributed by atoms with van der Waals surface area (Å²) >= 11 is 6.43. The number of fused-ring (bicyclic) bond motifs is 1. The first kappa shape index (κ1) is 21.6. The third-order valence-electron chi connectivity index (χ3n) is 5.09. The summed E-state index contributed by atoms with van der Waals surface area (Å²) in [6.07, 6.45) is 8.61. The highest BCUT2D eigenvalue weighted by Gasteiger charge is 2.26. The summed E-state index contributed by atoms with van der Waals surface area (Å²) in [5, 5.41) is 3.41. The topological polar surface area (TPSA) is 82.6 Å². The lowest BCUT2D eigenvalue weighted by atomic mass is 10.0. The van der Waals surface area contributed by atoms with Crippen LogP contribution < -0.4 is 19.5 Å². The number of carbonyl (C=O) groups excluding carboxylic acids is 1. The molecule has 0 bridgehead atoms. The van der Waals surface area contributed by atoms with Crippen molar-refractivity contribution in [1.82, 2.24) is 15.3 Å². The number of nitrogens with one attached hydrogen (secondary N) is 1. The molecule has 2 aromatic carbocycles. The van der Waals surface area contributed by atoms with Crippen molar-refractivity contribution in [2.45, 2.75) is 12.5 Å². The zero-order valence-electron chi connectivity index (χ0n) is 17.7. The molecule has 2 heterocycles. The van der Waals surface area contributed by atoms with Gasteiger partial charge in [0.25, 0.3) is 0 Å². The van der Waals surface area contributed by atoms with E-state index in [0.717, 1.165) is 22.3 Å². The van der Waals surface area contributed by atoms with Crippen LogP contribution in [-0.2, 0) is 11.2 Å². The van der Waals surface area contributed by atoms with Crippen LogP contribution in [0.5, 0.6) is 17.2 Å². The van der Waals surface area contributed by atoms with Crippen LogP contribution in [0.3, 0.4) is 0 Å². The Morgan fingerprint density at radius 3 is 2.69 bits per heavy atom. The second kappa shape index (κ2) is 9.70. The molecule has 0 spiro atoms. The molecule has 32 heavy (non-hydrogen) atoms. The number of ether oxygens (including phenoxy) is 3. The van der Waals surface area contributed by atoms with Crippen molar-refractivity contribution >= 4 is 23.6 Å². The quantitative estimate of drug-likeness (QED) is 0.548. The summed E-state index contributed by atoms with van der Waals surface area (Å²) in [4.78, 5) is 20.4. The second-order valence-electron chi connectivity index (χ2n) is 7.21. The number of aromatic nitrogens is 2. The SMILES string of the molecule is COc1ccc(/C=C/C(=O)NC[C@@H]2Cc3cc(-c4cncnc4)cc(Cl)c3O2)cc1OC. The van der Waals surface area contributed by atoms with Crippen molar-refractivity contribution in [2.75, 3.05) is 20.8 Å². The van der Waals surface area contributed by atoms with Crippen molar-refractivity contribution in [3.05, 3.63) is 71.3 Å². The highest BCUT2D eigenvalue weighted by molar-refractivity contribution is 6.32. The molecule has 8 heteroatoms. The molecule has 0 saturated carbocycles. The Morgan fingerprint density at radius 1 is 1.16 bits per heavy atom. The number of rotatable bonds is 7. The van der Waals surface area contributed by atoms with E-state index in [1.54, 1.807) is 44.8 Å². The van der Waals surface area contributed by atoms with Gasteiger partial charge in [-0.1, -0.05) is 17.7 Å². The molecule has 164 valence electrons. The van der Waals surface area contributed by atoms with Gasteiger partial charge in [0.2, 0.25) is 5.91 Å². The van der Waals surface area contributed by atoms with Gasteiger partial charge in [-0.05, 0) is 41.5 Å². The van der Waals surface area contributed by atoms with Crippen molar-refractivity contribution < 1.29 is 19.0 Å². The molecular weight excluding hydrogens is 430 g/mol. The first-order valence-corrected chi connectivity index (χ1v) is 10.4. The fraction of sp³-hybridized carbons (Fsp3) is 0.208. The monoisotopic (exact) mass is 451 g/mol. The maximum atomic E-state index is 12.3. The van der Waals surface area contributed by atoms with E-state index in [0.29, 0.717) is 35.2 Å². The highest BCUT2D eigenvalue weighted by atomic mass is 35.5. The molecule has 3 aromatic rings. The largest absolute Gasteiger partial charge is 0.493 e. The predicted molar refractivity (Wildman–Crippen MR) is 122 cm³/mol. The highest BCUT2D eigenvalue weighted by Crippen LogP contribution is 2.39. The summed E-state index contributed by atoms with van der Waals surface area (Å²) in [5.74, 6) is 1.68. The van der Waals surface area contributed by atoms with E-state index in [-0.39, 0.29) is 12.0 Å². The number of nitrogens with zero attached hydrogens (tertiary/aromatic N) is 2. The van der Waals surface area contributed by atoms with Crippen LogP contribution in [-0.4, -0.2) is 42.7 Å². The molecule has 1 aromatic heterocycles.